The molecule has 0 radical (unpaired) electrons. The third kappa shape index (κ3) is 17.8. The van der Waals surface area contributed by atoms with E-state index in [1.807, 2.05) is 25.1 Å². The van der Waals surface area contributed by atoms with Gasteiger partial charge < -0.3 is 38.1 Å². The van der Waals surface area contributed by atoms with Crippen LogP contribution in [0.15, 0.2) is 24.3 Å². The van der Waals surface area contributed by atoms with Crippen LogP contribution in [0.25, 0.3) is 0 Å². The summed E-state index contributed by atoms with van der Waals surface area (Å²) >= 11 is 0. The number of nitrogens with zero attached hydrogens (tertiary/aromatic N) is 1. The molecule has 0 aliphatic rings. The number of benzene rings is 1. The van der Waals surface area contributed by atoms with E-state index in [0.717, 1.165) is 11.3 Å². The van der Waals surface area contributed by atoms with Crippen LogP contribution < -0.4 is 4.90 Å². The summed E-state index contributed by atoms with van der Waals surface area (Å²) < 4.78 is 35.5. The molecular formula is C25H37NO11. The van der Waals surface area contributed by atoms with E-state index in [2.05, 4.69) is 20.4 Å². The maximum Gasteiger partial charge on any atom is 0.309 e. The molecule has 0 saturated heterocycles. The van der Waals surface area contributed by atoms with Gasteiger partial charge in [0.1, 0.15) is 26.4 Å². The summed E-state index contributed by atoms with van der Waals surface area (Å²) in [7, 11) is 0. The fourth-order valence-electron chi connectivity index (χ4n) is 2.92. The summed E-state index contributed by atoms with van der Waals surface area (Å²) in [5.41, 5.74) is 2.19. The summed E-state index contributed by atoms with van der Waals surface area (Å²) in [4.78, 5) is 45.0. The van der Waals surface area contributed by atoms with Crippen molar-refractivity contribution in [2.45, 2.75) is 19.8 Å². The van der Waals surface area contributed by atoms with Crippen LogP contribution in [-0.4, -0.2) is 104 Å². The van der Waals surface area contributed by atoms with Gasteiger partial charge in [-0.15, -0.1) is 0 Å². The van der Waals surface area contributed by atoms with E-state index in [4.69, 9.17) is 23.7 Å². The lowest BCUT2D eigenvalue weighted by Crippen LogP contribution is -2.31. The molecule has 37 heavy (non-hydrogen) atoms. The summed E-state index contributed by atoms with van der Waals surface area (Å²) in [6.07, 6.45) is 0.0225. The molecular weight excluding hydrogens is 490 g/mol. The Bertz CT molecular complexity index is 775. The monoisotopic (exact) mass is 527 g/mol. The van der Waals surface area contributed by atoms with Gasteiger partial charge in [0, 0.05) is 18.8 Å². The van der Waals surface area contributed by atoms with Crippen LogP contribution in [0, 0.1) is 6.92 Å². The van der Waals surface area contributed by atoms with Gasteiger partial charge in [0.2, 0.25) is 0 Å². The fourth-order valence-corrected chi connectivity index (χ4v) is 2.92. The Hall–Kier alpha value is -3.22. The minimum absolute atomic E-state index is 0.00128. The third-order valence-electron chi connectivity index (χ3n) is 4.72. The molecule has 0 aromatic heterocycles. The highest BCUT2D eigenvalue weighted by molar-refractivity contribution is 5.69. The van der Waals surface area contributed by atoms with Crippen molar-refractivity contribution in [3.05, 3.63) is 29.8 Å². The van der Waals surface area contributed by atoms with Gasteiger partial charge in [-0.05, 0) is 24.6 Å². The molecule has 0 atom stereocenters. The van der Waals surface area contributed by atoms with E-state index in [1.54, 1.807) is 0 Å². The number of anilines is 1. The van der Waals surface area contributed by atoms with Crippen LogP contribution in [0.4, 0.5) is 5.69 Å². The standard InChI is InChI=1S/C25H37NO11/c1-22-3-2-4-23(19-22)26(8-12-32-15-17-36-24(29)5-9-34-20-27)7-11-31-13-14-33-16-18-37-25(30)6-10-35-21-28/h2-4,19-21H,5-18H2,1H3. The second-order valence-electron chi connectivity index (χ2n) is 7.54. The zero-order valence-corrected chi connectivity index (χ0v) is 21.3. The van der Waals surface area contributed by atoms with E-state index in [-0.39, 0.29) is 65.4 Å². The molecule has 1 aromatic carbocycles. The number of hydrogen-bond acceptors (Lipinski definition) is 12. The smallest absolute Gasteiger partial charge is 0.309 e. The van der Waals surface area contributed by atoms with Gasteiger partial charge in [-0.3, -0.25) is 19.2 Å². The molecule has 0 aliphatic heterocycles. The quantitative estimate of drug-likeness (QED) is 0.0823. The zero-order chi connectivity index (χ0) is 27.0. The number of rotatable bonds is 24. The second kappa shape index (κ2) is 22.0. The van der Waals surface area contributed by atoms with Crippen molar-refractivity contribution in [1.29, 1.82) is 0 Å². The minimum Gasteiger partial charge on any atom is -0.467 e. The fraction of sp³-hybridized carbons (Fsp3) is 0.600. The number of carbonyl (C=O) groups is 4. The van der Waals surface area contributed by atoms with Crippen molar-refractivity contribution in [3.8, 4) is 0 Å². The molecule has 0 heterocycles. The Morgan fingerprint density at radius 2 is 1.19 bits per heavy atom. The maximum atomic E-state index is 11.5. The Labute approximate surface area is 217 Å². The highest BCUT2D eigenvalue weighted by Gasteiger charge is 2.08. The van der Waals surface area contributed by atoms with Gasteiger partial charge in [0.15, 0.2) is 0 Å². The van der Waals surface area contributed by atoms with E-state index < -0.39 is 11.9 Å². The van der Waals surface area contributed by atoms with Crippen molar-refractivity contribution in [2.24, 2.45) is 0 Å². The van der Waals surface area contributed by atoms with Crippen LogP contribution in [0.3, 0.4) is 0 Å². The molecule has 0 spiro atoms. The lowest BCUT2D eigenvalue weighted by Gasteiger charge is -2.25. The van der Waals surface area contributed by atoms with E-state index in [1.165, 1.54) is 0 Å². The predicted octanol–water partition coefficient (Wildman–Crippen LogP) is 1.06. The van der Waals surface area contributed by atoms with Crippen molar-refractivity contribution in [1.82, 2.24) is 0 Å². The lowest BCUT2D eigenvalue weighted by atomic mass is 10.2. The zero-order valence-electron chi connectivity index (χ0n) is 21.3. The number of carbonyl (C=O) groups excluding carboxylic acids is 4. The number of esters is 2. The maximum absolute atomic E-state index is 11.5. The molecule has 0 saturated carbocycles. The van der Waals surface area contributed by atoms with Crippen molar-refractivity contribution >= 4 is 30.6 Å². The lowest BCUT2D eigenvalue weighted by molar-refractivity contribution is -0.148. The first-order chi connectivity index (χ1) is 18.1. The number of ether oxygens (including phenoxy) is 7. The summed E-state index contributed by atoms with van der Waals surface area (Å²) in [6.45, 7) is 6.27. The minimum atomic E-state index is -0.455. The first-order valence-electron chi connectivity index (χ1n) is 12.0. The molecule has 0 unspecified atom stereocenters. The first kappa shape index (κ1) is 31.8. The normalized spacial score (nSPS) is 10.4. The molecule has 208 valence electrons. The SMILES string of the molecule is Cc1cccc(N(CCOCCOCCOC(=O)CCOC=O)CCOCCOC(=O)CCOC=O)c1. The Kier molecular flexibility index (Phi) is 18.9. The van der Waals surface area contributed by atoms with Crippen molar-refractivity contribution in [3.63, 3.8) is 0 Å². The Morgan fingerprint density at radius 1 is 0.703 bits per heavy atom. The predicted molar refractivity (Wildman–Crippen MR) is 131 cm³/mol. The molecule has 0 amide bonds. The Morgan fingerprint density at radius 3 is 1.68 bits per heavy atom. The van der Waals surface area contributed by atoms with Gasteiger partial charge in [-0.25, -0.2) is 0 Å². The van der Waals surface area contributed by atoms with Gasteiger partial charge >= 0.3 is 11.9 Å². The molecule has 0 bridgehead atoms. The highest BCUT2D eigenvalue weighted by atomic mass is 16.6. The van der Waals surface area contributed by atoms with Gasteiger partial charge in [-0.1, -0.05) is 12.1 Å². The molecule has 1 rings (SSSR count). The van der Waals surface area contributed by atoms with Crippen LogP contribution in [-0.2, 0) is 52.3 Å². The molecule has 12 heteroatoms. The average molecular weight is 528 g/mol. The molecule has 0 N–H and O–H groups in total. The molecule has 0 aliphatic carbocycles. The van der Waals surface area contributed by atoms with Crippen molar-refractivity contribution in [2.75, 3.05) is 84.1 Å². The van der Waals surface area contributed by atoms with Gasteiger partial charge in [-0.2, -0.15) is 0 Å². The third-order valence-corrected chi connectivity index (χ3v) is 4.72. The number of aryl methyl sites for hydroxylation is 1. The molecule has 1 aromatic rings. The second-order valence-corrected chi connectivity index (χ2v) is 7.54. The topological polar surface area (TPSA) is 136 Å². The summed E-state index contributed by atoms with van der Waals surface area (Å²) in [6, 6.07) is 8.12. The molecule has 12 nitrogen and oxygen atoms in total. The van der Waals surface area contributed by atoms with Gasteiger partial charge in [0.05, 0.1) is 52.5 Å². The highest BCUT2D eigenvalue weighted by Crippen LogP contribution is 2.15. The average Bonchev–Trinajstić information content (AvgIpc) is 2.88. The van der Waals surface area contributed by atoms with E-state index in [9.17, 15) is 19.2 Å². The van der Waals surface area contributed by atoms with Crippen molar-refractivity contribution < 1.29 is 52.3 Å². The summed E-state index contributed by atoms with van der Waals surface area (Å²) in [5.74, 6) is -0.903. The van der Waals surface area contributed by atoms with Crippen LogP contribution >= 0.6 is 0 Å². The van der Waals surface area contributed by atoms with Crippen LogP contribution in [0.2, 0.25) is 0 Å². The Balaban J connectivity index is 2.20. The van der Waals surface area contributed by atoms with Crippen LogP contribution in [0.5, 0.6) is 0 Å². The molecule has 0 fully saturated rings. The van der Waals surface area contributed by atoms with E-state index >= 15 is 0 Å². The van der Waals surface area contributed by atoms with Gasteiger partial charge in [0.25, 0.3) is 12.9 Å². The largest absolute Gasteiger partial charge is 0.467 e. The number of hydrogen-bond donors (Lipinski definition) is 0. The van der Waals surface area contributed by atoms with Crippen LogP contribution in [0.1, 0.15) is 18.4 Å². The van der Waals surface area contributed by atoms with E-state index in [0.29, 0.717) is 39.5 Å². The first-order valence-corrected chi connectivity index (χ1v) is 12.0. The summed E-state index contributed by atoms with van der Waals surface area (Å²) in [5, 5.41) is 0.